The second-order valence-corrected chi connectivity index (χ2v) is 4.69. The van der Waals surface area contributed by atoms with Gasteiger partial charge in [0.25, 0.3) is 5.91 Å². The van der Waals surface area contributed by atoms with Gasteiger partial charge in [0.05, 0.1) is 10.6 Å². The van der Waals surface area contributed by atoms with Crippen LogP contribution in [0.1, 0.15) is 17.3 Å². The molecular weight excluding hydrogens is 274 g/mol. The van der Waals surface area contributed by atoms with E-state index in [0.29, 0.717) is 16.4 Å². The third-order valence-electron chi connectivity index (χ3n) is 2.88. The molecule has 0 aliphatic rings. The minimum absolute atomic E-state index is 0.145. The van der Waals surface area contributed by atoms with Crippen molar-refractivity contribution in [2.75, 3.05) is 23.8 Å². The molecular formula is C15H16ClN3O. The van der Waals surface area contributed by atoms with Crippen LogP contribution in [0.4, 0.5) is 11.5 Å². The summed E-state index contributed by atoms with van der Waals surface area (Å²) in [6, 6.07) is 11.1. The molecule has 104 valence electrons. The maximum absolute atomic E-state index is 12.4. The highest BCUT2D eigenvalue weighted by Gasteiger charge is 2.15. The number of anilines is 2. The molecule has 1 aromatic heterocycles. The monoisotopic (exact) mass is 289 g/mol. The largest absolute Gasteiger partial charge is 0.369 e. The van der Waals surface area contributed by atoms with Crippen LogP contribution in [0.25, 0.3) is 0 Å². The molecule has 0 spiro atoms. The normalized spacial score (nSPS) is 10.2. The molecule has 4 nitrogen and oxygen atoms in total. The fraction of sp³-hybridized carbons (Fsp3) is 0.200. The fourth-order valence-corrected chi connectivity index (χ4v) is 2.05. The highest BCUT2D eigenvalue weighted by Crippen LogP contribution is 2.22. The maximum Gasteiger partial charge on any atom is 0.259 e. The molecule has 1 heterocycles. The summed E-state index contributed by atoms with van der Waals surface area (Å²) < 4.78 is 0. The van der Waals surface area contributed by atoms with Crippen molar-refractivity contribution in [2.24, 2.45) is 0 Å². The number of hydrogen-bond acceptors (Lipinski definition) is 3. The van der Waals surface area contributed by atoms with Crippen molar-refractivity contribution in [1.29, 1.82) is 0 Å². The number of carbonyl (C=O) groups is 1. The van der Waals surface area contributed by atoms with Gasteiger partial charge in [-0.15, -0.1) is 0 Å². The number of halogens is 1. The molecule has 1 N–H and O–H groups in total. The summed E-state index contributed by atoms with van der Waals surface area (Å²) in [5.74, 6) is 0.446. The minimum atomic E-state index is -0.145. The van der Waals surface area contributed by atoms with E-state index in [1.807, 2.05) is 37.3 Å². The number of nitrogens with zero attached hydrogens (tertiary/aromatic N) is 2. The average molecular weight is 290 g/mol. The molecule has 0 aliphatic carbocycles. The van der Waals surface area contributed by atoms with Gasteiger partial charge in [-0.3, -0.25) is 4.79 Å². The van der Waals surface area contributed by atoms with Crippen LogP contribution in [0, 0.1) is 0 Å². The Balaban J connectivity index is 2.23. The average Bonchev–Trinajstić information content (AvgIpc) is 2.49. The number of carbonyl (C=O) groups excluding carboxylic acids is 1. The molecule has 0 atom stereocenters. The number of amides is 1. The van der Waals surface area contributed by atoms with E-state index in [1.54, 1.807) is 18.0 Å². The standard InChI is InChI=1S/C15H16ClN3O/c1-3-17-14-13(16)9-11(10-18-14)15(20)19(2)12-7-5-4-6-8-12/h4-10H,3H2,1-2H3,(H,17,18). The van der Waals surface area contributed by atoms with Crippen molar-refractivity contribution >= 4 is 29.0 Å². The summed E-state index contributed by atoms with van der Waals surface area (Å²) in [6.07, 6.45) is 1.53. The van der Waals surface area contributed by atoms with Crippen LogP contribution >= 0.6 is 11.6 Å². The number of benzene rings is 1. The van der Waals surface area contributed by atoms with Crippen LogP contribution in [0.2, 0.25) is 5.02 Å². The Morgan fingerprint density at radius 2 is 2.05 bits per heavy atom. The first kappa shape index (κ1) is 14.3. The summed E-state index contributed by atoms with van der Waals surface area (Å²) in [6.45, 7) is 2.68. The first-order valence-corrected chi connectivity index (χ1v) is 6.73. The maximum atomic E-state index is 12.4. The molecule has 1 amide bonds. The molecule has 1 aromatic carbocycles. The predicted molar refractivity (Wildman–Crippen MR) is 82.6 cm³/mol. The van der Waals surface area contributed by atoms with Crippen LogP contribution in [0.15, 0.2) is 42.6 Å². The molecule has 20 heavy (non-hydrogen) atoms. The first-order valence-electron chi connectivity index (χ1n) is 6.36. The SMILES string of the molecule is CCNc1ncc(C(=O)N(C)c2ccccc2)cc1Cl. The number of para-hydroxylation sites is 1. The zero-order chi connectivity index (χ0) is 14.5. The van der Waals surface area contributed by atoms with E-state index in [4.69, 9.17) is 11.6 Å². The van der Waals surface area contributed by atoms with Gasteiger partial charge in [0.2, 0.25) is 0 Å². The van der Waals surface area contributed by atoms with Crippen LogP contribution in [-0.2, 0) is 0 Å². The smallest absolute Gasteiger partial charge is 0.259 e. The third kappa shape index (κ3) is 3.08. The van der Waals surface area contributed by atoms with Gasteiger partial charge in [-0.1, -0.05) is 29.8 Å². The van der Waals surface area contributed by atoms with Crippen LogP contribution < -0.4 is 10.2 Å². The van der Waals surface area contributed by atoms with E-state index in [2.05, 4.69) is 10.3 Å². The molecule has 0 fully saturated rings. The topological polar surface area (TPSA) is 45.2 Å². The molecule has 0 radical (unpaired) electrons. The van der Waals surface area contributed by atoms with E-state index in [1.165, 1.54) is 6.20 Å². The molecule has 0 unspecified atom stereocenters. The zero-order valence-electron chi connectivity index (χ0n) is 11.4. The summed E-state index contributed by atoms with van der Waals surface area (Å²) in [5.41, 5.74) is 1.28. The van der Waals surface area contributed by atoms with Gasteiger partial charge in [-0.05, 0) is 25.1 Å². The van der Waals surface area contributed by atoms with Gasteiger partial charge >= 0.3 is 0 Å². The Morgan fingerprint density at radius 1 is 1.35 bits per heavy atom. The second-order valence-electron chi connectivity index (χ2n) is 4.28. The molecule has 5 heteroatoms. The quantitative estimate of drug-likeness (QED) is 0.938. The summed E-state index contributed by atoms with van der Waals surface area (Å²) in [4.78, 5) is 18.1. The number of hydrogen-bond donors (Lipinski definition) is 1. The molecule has 0 aliphatic heterocycles. The van der Waals surface area contributed by atoms with Crippen LogP contribution in [-0.4, -0.2) is 24.5 Å². The Morgan fingerprint density at radius 3 is 2.65 bits per heavy atom. The Labute approximate surface area is 123 Å². The molecule has 0 saturated heterocycles. The van der Waals surface area contributed by atoms with Gasteiger partial charge in [0.1, 0.15) is 5.82 Å². The van der Waals surface area contributed by atoms with E-state index < -0.39 is 0 Å². The van der Waals surface area contributed by atoms with Gasteiger partial charge in [-0.2, -0.15) is 0 Å². The van der Waals surface area contributed by atoms with Crippen molar-refractivity contribution in [2.45, 2.75) is 6.92 Å². The fourth-order valence-electron chi connectivity index (χ4n) is 1.81. The summed E-state index contributed by atoms with van der Waals surface area (Å²) >= 11 is 6.11. The summed E-state index contributed by atoms with van der Waals surface area (Å²) in [7, 11) is 1.73. The Kier molecular flexibility index (Phi) is 4.58. The van der Waals surface area contributed by atoms with Crippen LogP contribution in [0.5, 0.6) is 0 Å². The Hall–Kier alpha value is -2.07. The molecule has 2 rings (SSSR count). The van der Waals surface area contributed by atoms with Gasteiger partial charge in [0.15, 0.2) is 0 Å². The summed E-state index contributed by atoms with van der Waals surface area (Å²) in [5, 5.41) is 3.48. The lowest BCUT2D eigenvalue weighted by Crippen LogP contribution is -2.26. The van der Waals surface area contributed by atoms with E-state index in [-0.39, 0.29) is 5.91 Å². The van der Waals surface area contributed by atoms with Crippen molar-refractivity contribution in [1.82, 2.24) is 4.98 Å². The van der Waals surface area contributed by atoms with Gasteiger partial charge < -0.3 is 10.2 Å². The van der Waals surface area contributed by atoms with Crippen molar-refractivity contribution < 1.29 is 4.79 Å². The predicted octanol–water partition coefficient (Wildman–Crippen LogP) is 3.44. The lowest BCUT2D eigenvalue weighted by Gasteiger charge is -2.17. The van der Waals surface area contributed by atoms with E-state index in [9.17, 15) is 4.79 Å². The highest BCUT2D eigenvalue weighted by atomic mass is 35.5. The third-order valence-corrected chi connectivity index (χ3v) is 3.17. The van der Waals surface area contributed by atoms with Crippen molar-refractivity contribution in [3.8, 4) is 0 Å². The van der Waals surface area contributed by atoms with E-state index >= 15 is 0 Å². The number of pyridine rings is 1. The Bertz CT molecular complexity index is 601. The first-order chi connectivity index (χ1) is 9.63. The number of rotatable bonds is 4. The molecule has 0 saturated carbocycles. The zero-order valence-corrected chi connectivity index (χ0v) is 12.2. The molecule has 2 aromatic rings. The van der Waals surface area contributed by atoms with Gasteiger partial charge in [-0.25, -0.2) is 4.98 Å². The number of nitrogens with one attached hydrogen (secondary N) is 1. The van der Waals surface area contributed by atoms with Crippen molar-refractivity contribution in [3.63, 3.8) is 0 Å². The van der Waals surface area contributed by atoms with Crippen molar-refractivity contribution in [3.05, 3.63) is 53.2 Å². The number of aromatic nitrogens is 1. The lowest BCUT2D eigenvalue weighted by molar-refractivity contribution is 0.0992. The lowest BCUT2D eigenvalue weighted by atomic mass is 10.2. The molecule has 0 bridgehead atoms. The second kappa shape index (κ2) is 6.39. The van der Waals surface area contributed by atoms with E-state index in [0.717, 1.165) is 12.2 Å². The van der Waals surface area contributed by atoms with Crippen LogP contribution in [0.3, 0.4) is 0 Å². The minimum Gasteiger partial charge on any atom is -0.369 e. The van der Waals surface area contributed by atoms with Gasteiger partial charge in [0, 0.05) is 25.5 Å². The highest BCUT2D eigenvalue weighted by molar-refractivity contribution is 6.33.